The molecule has 1 heterocycles. The maximum Gasteiger partial charge on any atom is 0.0860 e. The lowest BCUT2D eigenvalue weighted by atomic mass is 10.0. The Balaban J connectivity index is 1.77. The summed E-state index contributed by atoms with van der Waals surface area (Å²) in [6, 6.07) is 10.2. The number of epoxide rings is 1. The van der Waals surface area contributed by atoms with Crippen LogP contribution in [0.4, 0.5) is 0 Å². The number of hydrogen-bond donors (Lipinski definition) is 1. The molecule has 3 atom stereocenters. The summed E-state index contributed by atoms with van der Waals surface area (Å²) in [5.74, 6) is 0.992. The zero-order chi connectivity index (χ0) is 10.7. The van der Waals surface area contributed by atoms with E-state index in [2.05, 4.69) is 12.1 Å². The lowest BCUT2D eigenvalue weighted by molar-refractivity contribution is 0.120. The lowest BCUT2D eigenvalue weighted by Crippen LogP contribution is -2.24. The Morgan fingerprint density at radius 1 is 1.47 bits per heavy atom. The van der Waals surface area contributed by atoms with Gasteiger partial charge in [-0.05, 0) is 12.1 Å². The Morgan fingerprint density at radius 3 is 2.73 bits per heavy atom. The fraction of sp³-hybridized carbons (Fsp3) is 0.500. The summed E-state index contributed by atoms with van der Waals surface area (Å²) >= 11 is 1.70. The highest BCUT2D eigenvalue weighted by atomic mass is 32.2. The number of aliphatic hydroxyl groups is 1. The van der Waals surface area contributed by atoms with Crippen LogP contribution in [0.1, 0.15) is 6.92 Å². The van der Waals surface area contributed by atoms with Gasteiger partial charge in [0.15, 0.2) is 0 Å². The molecular formula is C12H16O2S. The first-order valence-corrected chi connectivity index (χ1v) is 6.23. The highest BCUT2D eigenvalue weighted by Gasteiger charge is 2.33. The number of hydrogen-bond acceptors (Lipinski definition) is 3. The van der Waals surface area contributed by atoms with Gasteiger partial charge in [-0.3, -0.25) is 0 Å². The van der Waals surface area contributed by atoms with Gasteiger partial charge in [0.25, 0.3) is 0 Å². The number of thioether (sulfide) groups is 1. The molecule has 0 saturated carbocycles. The average molecular weight is 224 g/mol. The summed E-state index contributed by atoms with van der Waals surface area (Å²) in [5.41, 5.74) is 0. The van der Waals surface area contributed by atoms with Crippen molar-refractivity contribution in [3.63, 3.8) is 0 Å². The summed E-state index contributed by atoms with van der Waals surface area (Å²) in [6.07, 6.45) is 0.0130. The molecule has 3 heteroatoms. The van der Waals surface area contributed by atoms with E-state index in [1.807, 2.05) is 25.1 Å². The van der Waals surface area contributed by atoms with Crippen LogP contribution >= 0.6 is 11.8 Å². The number of rotatable bonds is 5. The van der Waals surface area contributed by atoms with Crippen LogP contribution < -0.4 is 0 Å². The Kier molecular flexibility index (Phi) is 3.67. The molecule has 1 aromatic carbocycles. The largest absolute Gasteiger partial charge is 0.392 e. The van der Waals surface area contributed by atoms with Crippen molar-refractivity contribution in [2.45, 2.75) is 24.0 Å². The van der Waals surface area contributed by atoms with Gasteiger partial charge in [0.1, 0.15) is 0 Å². The van der Waals surface area contributed by atoms with Gasteiger partial charge in [0, 0.05) is 16.6 Å². The second-order valence-corrected chi connectivity index (χ2v) is 5.02. The third kappa shape index (κ3) is 3.23. The van der Waals surface area contributed by atoms with Crippen LogP contribution in [0.3, 0.4) is 0 Å². The molecule has 1 aliphatic heterocycles. The molecule has 0 amide bonds. The summed E-state index contributed by atoms with van der Waals surface area (Å²) in [6.45, 7) is 2.86. The Hall–Kier alpha value is -0.510. The first kappa shape index (κ1) is 11.0. The molecule has 1 saturated heterocycles. The van der Waals surface area contributed by atoms with Gasteiger partial charge >= 0.3 is 0 Å². The molecule has 0 aliphatic carbocycles. The van der Waals surface area contributed by atoms with Crippen LogP contribution in [0.5, 0.6) is 0 Å². The van der Waals surface area contributed by atoms with Crippen molar-refractivity contribution in [2.75, 3.05) is 12.4 Å². The van der Waals surface area contributed by atoms with E-state index in [0.717, 1.165) is 12.4 Å². The first-order valence-electron chi connectivity index (χ1n) is 5.25. The zero-order valence-corrected chi connectivity index (χ0v) is 9.61. The fourth-order valence-corrected chi connectivity index (χ4v) is 2.47. The van der Waals surface area contributed by atoms with Gasteiger partial charge in [-0.15, -0.1) is 11.8 Å². The topological polar surface area (TPSA) is 32.8 Å². The second kappa shape index (κ2) is 5.01. The minimum Gasteiger partial charge on any atom is -0.392 e. The standard InChI is InChI=1S/C12H16O2S/c1-9(12-7-14-12)11(13)8-15-10-5-3-2-4-6-10/h2-6,9,11-13H,7-8H2,1H3/t9-,11+,12-/m0/s1. The molecule has 15 heavy (non-hydrogen) atoms. The van der Waals surface area contributed by atoms with E-state index >= 15 is 0 Å². The van der Waals surface area contributed by atoms with Crippen molar-refractivity contribution < 1.29 is 9.84 Å². The Labute approximate surface area is 94.6 Å². The van der Waals surface area contributed by atoms with Crippen LogP contribution in [0.15, 0.2) is 35.2 Å². The van der Waals surface area contributed by atoms with Gasteiger partial charge in [-0.2, -0.15) is 0 Å². The number of ether oxygens (including phenoxy) is 1. The predicted molar refractivity (Wildman–Crippen MR) is 62.1 cm³/mol. The van der Waals surface area contributed by atoms with E-state index in [0.29, 0.717) is 0 Å². The minimum atomic E-state index is -0.275. The molecule has 0 radical (unpaired) electrons. The monoisotopic (exact) mass is 224 g/mol. The maximum absolute atomic E-state index is 9.89. The van der Waals surface area contributed by atoms with Gasteiger partial charge in [0.05, 0.1) is 18.8 Å². The van der Waals surface area contributed by atoms with Gasteiger partial charge in [0.2, 0.25) is 0 Å². The van der Waals surface area contributed by atoms with Crippen molar-refractivity contribution in [1.82, 2.24) is 0 Å². The molecule has 2 nitrogen and oxygen atoms in total. The van der Waals surface area contributed by atoms with Crippen molar-refractivity contribution in [3.05, 3.63) is 30.3 Å². The highest BCUT2D eigenvalue weighted by Crippen LogP contribution is 2.26. The van der Waals surface area contributed by atoms with Crippen molar-refractivity contribution in [1.29, 1.82) is 0 Å². The Morgan fingerprint density at radius 2 is 2.13 bits per heavy atom. The quantitative estimate of drug-likeness (QED) is 0.614. The van der Waals surface area contributed by atoms with Crippen LogP contribution in [0.25, 0.3) is 0 Å². The van der Waals surface area contributed by atoms with Gasteiger partial charge < -0.3 is 9.84 Å². The summed E-state index contributed by atoms with van der Waals surface area (Å²) in [5, 5.41) is 9.89. The molecule has 1 fully saturated rings. The normalized spacial score (nSPS) is 23.5. The van der Waals surface area contributed by atoms with E-state index in [1.165, 1.54) is 4.90 Å². The van der Waals surface area contributed by atoms with E-state index < -0.39 is 0 Å². The predicted octanol–water partition coefficient (Wildman–Crippen LogP) is 2.17. The van der Waals surface area contributed by atoms with Crippen LogP contribution in [-0.2, 0) is 4.74 Å². The van der Waals surface area contributed by atoms with E-state index in [9.17, 15) is 5.11 Å². The number of aliphatic hydroxyl groups excluding tert-OH is 1. The smallest absolute Gasteiger partial charge is 0.0860 e. The molecule has 0 bridgehead atoms. The van der Waals surface area contributed by atoms with Crippen molar-refractivity contribution in [3.8, 4) is 0 Å². The third-order valence-electron chi connectivity index (χ3n) is 2.72. The van der Waals surface area contributed by atoms with E-state index in [1.54, 1.807) is 11.8 Å². The molecular weight excluding hydrogens is 208 g/mol. The lowest BCUT2D eigenvalue weighted by Gasteiger charge is -2.16. The fourth-order valence-electron chi connectivity index (χ4n) is 1.46. The van der Waals surface area contributed by atoms with Gasteiger partial charge in [-0.1, -0.05) is 25.1 Å². The average Bonchev–Trinajstić information content (AvgIpc) is 3.10. The zero-order valence-electron chi connectivity index (χ0n) is 8.80. The van der Waals surface area contributed by atoms with Crippen molar-refractivity contribution in [2.24, 2.45) is 5.92 Å². The summed E-state index contributed by atoms with van der Waals surface area (Å²) < 4.78 is 5.17. The SMILES string of the molecule is C[C@@H]([C@H](O)CSc1ccccc1)[C@@H]1CO1. The van der Waals surface area contributed by atoms with E-state index in [-0.39, 0.29) is 18.1 Å². The first-order chi connectivity index (χ1) is 7.27. The third-order valence-corrected chi connectivity index (χ3v) is 3.83. The molecule has 1 N–H and O–H groups in total. The van der Waals surface area contributed by atoms with Gasteiger partial charge in [-0.25, -0.2) is 0 Å². The molecule has 0 aromatic heterocycles. The molecule has 0 unspecified atom stereocenters. The summed E-state index contributed by atoms with van der Waals surface area (Å²) in [7, 11) is 0. The molecule has 0 spiro atoms. The molecule has 1 aromatic rings. The molecule has 1 aliphatic rings. The summed E-state index contributed by atoms with van der Waals surface area (Å²) in [4.78, 5) is 1.21. The van der Waals surface area contributed by atoms with E-state index in [4.69, 9.17) is 4.74 Å². The van der Waals surface area contributed by atoms with Crippen LogP contribution in [0.2, 0.25) is 0 Å². The second-order valence-electron chi connectivity index (χ2n) is 3.92. The molecule has 82 valence electrons. The van der Waals surface area contributed by atoms with Crippen LogP contribution in [0, 0.1) is 5.92 Å². The number of benzene rings is 1. The highest BCUT2D eigenvalue weighted by molar-refractivity contribution is 7.99. The molecule has 2 rings (SSSR count). The maximum atomic E-state index is 9.89. The van der Waals surface area contributed by atoms with Crippen molar-refractivity contribution >= 4 is 11.8 Å². The van der Waals surface area contributed by atoms with Crippen LogP contribution in [-0.4, -0.2) is 29.7 Å². The minimum absolute atomic E-state index is 0.251. The Bertz CT molecular complexity index is 298.